The molecule has 0 spiro atoms. The number of halogens is 1. The zero-order valence-corrected chi connectivity index (χ0v) is 9.16. The largest absolute Gasteiger partial charge is 0.298 e. The van der Waals surface area contributed by atoms with Gasteiger partial charge in [0, 0.05) is 13.0 Å². The fourth-order valence-corrected chi connectivity index (χ4v) is 1.37. The lowest BCUT2D eigenvalue weighted by atomic mass is 10.2. The second kappa shape index (κ2) is 5.61. The van der Waals surface area contributed by atoms with E-state index in [0.717, 1.165) is 5.56 Å². The third-order valence-corrected chi connectivity index (χ3v) is 2.21. The number of nitrogens with zero attached hydrogens (tertiary/aromatic N) is 1. The van der Waals surface area contributed by atoms with Crippen molar-refractivity contribution in [3.8, 4) is 0 Å². The van der Waals surface area contributed by atoms with Crippen LogP contribution in [0.25, 0.3) is 0 Å². The highest BCUT2D eigenvalue weighted by Crippen LogP contribution is 2.05. The van der Waals surface area contributed by atoms with Crippen molar-refractivity contribution in [1.82, 2.24) is 4.90 Å². The molecule has 3 heteroatoms. The molecule has 0 aliphatic heterocycles. The summed E-state index contributed by atoms with van der Waals surface area (Å²) in [6, 6.07) is 6.35. The minimum absolute atomic E-state index is 0.222. The number of ketones is 1. The Morgan fingerprint density at radius 1 is 1.33 bits per heavy atom. The van der Waals surface area contributed by atoms with Gasteiger partial charge in [-0.1, -0.05) is 19.1 Å². The van der Waals surface area contributed by atoms with E-state index in [1.807, 2.05) is 18.9 Å². The quantitative estimate of drug-likeness (QED) is 0.741. The molecule has 0 bridgehead atoms. The standard InChI is InChI=1S/C12H16FNO/c1-3-12(15)9-14(2)8-10-4-6-11(13)7-5-10/h4-7H,3,8-9H2,1-2H3. The first-order chi connectivity index (χ1) is 7.11. The van der Waals surface area contributed by atoms with E-state index >= 15 is 0 Å². The van der Waals surface area contributed by atoms with Gasteiger partial charge < -0.3 is 0 Å². The molecule has 0 saturated heterocycles. The van der Waals surface area contributed by atoms with Crippen LogP contribution in [0.1, 0.15) is 18.9 Å². The van der Waals surface area contributed by atoms with Crippen LogP contribution in [0.15, 0.2) is 24.3 Å². The van der Waals surface area contributed by atoms with E-state index in [0.29, 0.717) is 19.5 Å². The van der Waals surface area contributed by atoms with Crippen LogP contribution in [0.2, 0.25) is 0 Å². The molecule has 0 N–H and O–H groups in total. The summed E-state index contributed by atoms with van der Waals surface area (Å²) in [4.78, 5) is 13.1. The van der Waals surface area contributed by atoms with E-state index in [2.05, 4.69) is 0 Å². The van der Waals surface area contributed by atoms with Gasteiger partial charge in [-0.2, -0.15) is 0 Å². The molecule has 0 aliphatic rings. The molecule has 0 atom stereocenters. The maximum Gasteiger partial charge on any atom is 0.146 e. The molecule has 0 fully saturated rings. The Balaban J connectivity index is 2.47. The predicted molar refractivity (Wildman–Crippen MR) is 58.0 cm³/mol. The monoisotopic (exact) mass is 209 g/mol. The SMILES string of the molecule is CCC(=O)CN(C)Cc1ccc(F)cc1. The van der Waals surface area contributed by atoms with Gasteiger partial charge in [-0.05, 0) is 24.7 Å². The van der Waals surface area contributed by atoms with Crippen LogP contribution >= 0.6 is 0 Å². The second-order valence-corrected chi connectivity index (χ2v) is 3.69. The van der Waals surface area contributed by atoms with E-state index in [-0.39, 0.29) is 11.6 Å². The molecule has 0 unspecified atom stereocenters. The molecular formula is C12H16FNO. The molecule has 1 aromatic rings. The van der Waals surface area contributed by atoms with Crippen LogP contribution in [0.4, 0.5) is 4.39 Å². The Hall–Kier alpha value is -1.22. The number of carbonyl (C=O) groups excluding carboxylic acids is 1. The summed E-state index contributed by atoms with van der Waals surface area (Å²) in [6.07, 6.45) is 0.563. The molecule has 1 rings (SSSR count). The van der Waals surface area contributed by atoms with Crippen LogP contribution < -0.4 is 0 Å². The first kappa shape index (κ1) is 11.9. The molecule has 0 amide bonds. The molecule has 15 heavy (non-hydrogen) atoms. The number of hydrogen-bond acceptors (Lipinski definition) is 2. The molecule has 0 saturated carbocycles. The number of rotatable bonds is 5. The van der Waals surface area contributed by atoms with E-state index in [1.165, 1.54) is 12.1 Å². The Morgan fingerprint density at radius 3 is 2.47 bits per heavy atom. The number of hydrogen-bond donors (Lipinski definition) is 0. The van der Waals surface area contributed by atoms with Gasteiger partial charge in [0.2, 0.25) is 0 Å². The summed E-state index contributed by atoms with van der Waals surface area (Å²) in [6.45, 7) is 2.98. The minimum atomic E-state index is -0.231. The van der Waals surface area contributed by atoms with Gasteiger partial charge in [-0.25, -0.2) is 4.39 Å². The second-order valence-electron chi connectivity index (χ2n) is 3.69. The molecule has 2 nitrogen and oxygen atoms in total. The number of benzene rings is 1. The molecule has 0 aromatic heterocycles. The summed E-state index contributed by atoms with van der Waals surface area (Å²) in [5.41, 5.74) is 1.02. The number of Topliss-reactive ketones (excluding diaryl/α,β-unsaturated/α-hetero) is 1. The van der Waals surface area contributed by atoms with E-state index in [1.54, 1.807) is 12.1 Å². The van der Waals surface area contributed by atoms with E-state index in [9.17, 15) is 9.18 Å². The lowest BCUT2D eigenvalue weighted by Crippen LogP contribution is -2.24. The van der Waals surface area contributed by atoms with Gasteiger partial charge in [0.15, 0.2) is 0 Å². The van der Waals surface area contributed by atoms with Crippen LogP contribution in [-0.2, 0) is 11.3 Å². The number of likely N-dealkylation sites (N-methyl/N-ethyl adjacent to an activating group) is 1. The van der Waals surface area contributed by atoms with Gasteiger partial charge in [0.1, 0.15) is 11.6 Å². The highest BCUT2D eigenvalue weighted by Gasteiger charge is 2.04. The minimum Gasteiger partial charge on any atom is -0.298 e. The van der Waals surface area contributed by atoms with Crippen molar-refractivity contribution in [3.05, 3.63) is 35.6 Å². The van der Waals surface area contributed by atoms with Gasteiger partial charge in [0.25, 0.3) is 0 Å². The molecule has 0 radical (unpaired) electrons. The van der Waals surface area contributed by atoms with Crippen LogP contribution in [-0.4, -0.2) is 24.3 Å². The van der Waals surface area contributed by atoms with Crippen molar-refractivity contribution in [2.45, 2.75) is 19.9 Å². The lowest BCUT2D eigenvalue weighted by molar-refractivity contribution is -0.119. The third kappa shape index (κ3) is 4.21. The van der Waals surface area contributed by atoms with Gasteiger partial charge in [-0.15, -0.1) is 0 Å². The third-order valence-electron chi connectivity index (χ3n) is 2.21. The first-order valence-electron chi connectivity index (χ1n) is 5.06. The fraction of sp³-hybridized carbons (Fsp3) is 0.417. The summed E-state index contributed by atoms with van der Waals surface area (Å²) in [7, 11) is 1.89. The van der Waals surface area contributed by atoms with Gasteiger partial charge >= 0.3 is 0 Å². The van der Waals surface area contributed by atoms with Crippen LogP contribution in [0.3, 0.4) is 0 Å². The van der Waals surface area contributed by atoms with Gasteiger partial charge in [0.05, 0.1) is 6.54 Å². The zero-order valence-electron chi connectivity index (χ0n) is 9.16. The maximum absolute atomic E-state index is 12.6. The van der Waals surface area contributed by atoms with Crippen molar-refractivity contribution in [2.75, 3.05) is 13.6 Å². The Morgan fingerprint density at radius 2 is 1.93 bits per heavy atom. The first-order valence-corrected chi connectivity index (χ1v) is 5.06. The highest BCUT2D eigenvalue weighted by atomic mass is 19.1. The predicted octanol–water partition coefficient (Wildman–Crippen LogP) is 2.24. The molecule has 1 aromatic carbocycles. The summed E-state index contributed by atoms with van der Waals surface area (Å²) >= 11 is 0. The average Bonchev–Trinajstić information content (AvgIpc) is 2.21. The maximum atomic E-state index is 12.6. The van der Waals surface area contributed by atoms with Crippen LogP contribution in [0, 0.1) is 5.82 Å². The average molecular weight is 209 g/mol. The smallest absolute Gasteiger partial charge is 0.146 e. The van der Waals surface area contributed by atoms with Crippen molar-refractivity contribution in [2.24, 2.45) is 0 Å². The lowest BCUT2D eigenvalue weighted by Gasteiger charge is -2.15. The van der Waals surface area contributed by atoms with Crippen molar-refractivity contribution < 1.29 is 9.18 Å². The molecule has 82 valence electrons. The zero-order chi connectivity index (χ0) is 11.3. The van der Waals surface area contributed by atoms with Crippen LogP contribution in [0.5, 0.6) is 0 Å². The molecular weight excluding hydrogens is 193 g/mol. The Kier molecular flexibility index (Phi) is 4.43. The van der Waals surface area contributed by atoms with Crippen molar-refractivity contribution in [1.29, 1.82) is 0 Å². The molecule has 0 aliphatic carbocycles. The van der Waals surface area contributed by atoms with Crippen molar-refractivity contribution in [3.63, 3.8) is 0 Å². The summed E-state index contributed by atoms with van der Waals surface area (Å²) < 4.78 is 12.6. The Bertz CT molecular complexity index is 321. The summed E-state index contributed by atoms with van der Waals surface area (Å²) in [5, 5.41) is 0. The van der Waals surface area contributed by atoms with E-state index in [4.69, 9.17) is 0 Å². The normalized spacial score (nSPS) is 10.7. The Labute approximate surface area is 89.7 Å². The van der Waals surface area contributed by atoms with E-state index < -0.39 is 0 Å². The van der Waals surface area contributed by atoms with Gasteiger partial charge in [-0.3, -0.25) is 9.69 Å². The summed E-state index contributed by atoms with van der Waals surface area (Å²) in [5.74, 6) is -0.00866. The molecule has 0 heterocycles. The topological polar surface area (TPSA) is 20.3 Å². The highest BCUT2D eigenvalue weighted by molar-refractivity contribution is 5.80. The van der Waals surface area contributed by atoms with Crippen molar-refractivity contribution >= 4 is 5.78 Å². The number of carbonyl (C=O) groups is 1. The fourth-order valence-electron chi connectivity index (χ4n) is 1.37.